The van der Waals surface area contributed by atoms with Gasteiger partial charge in [-0.05, 0) is 17.7 Å². The zero-order valence-corrected chi connectivity index (χ0v) is 8.47. The summed E-state index contributed by atoms with van der Waals surface area (Å²) >= 11 is 3.42. The van der Waals surface area contributed by atoms with Gasteiger partial charge in [-0.2, -0.15) is 0 Å². The van der Waals surface area contributed by atoms with Crippen molar-refractivity contribution in [2.75, 3.05) is 13.1 Å². The molecule has 1 aromatic carbocycles. The minimum atomic E-state index is 0.688. The summed E-state index contributed by atoms with van der Waals surface area (Å²) in [6.45, 7) is 2.44. The van der Waals surface area contributed by atoms with Gasteiger partial charge in [-0.15, -0.1) is 0 Å². The summed E-state index contributed by atoms with van der Waals surface area (Å²) in [4.78, 5) is 0. The van der Waals surface area contributed by atoms with Crippen LogP contribution in [-0.4, -0.2) is 13.1 Å². The highest BCUT2D eigenvalue weighted by molar-refractivity contribution is 9.10. The largest absolute Gasteiger partial charge is 0.329 e. The lowest BCUT2D eigenvalue weighted by molar-refractivity contribution is 0.695. The van der Waals surface area contributed by atoms with Gasteiger partial charge in [0.1, 0.15) is 0 Å². The van der Waals surface area contributed by atoms with E-state index >= 15 is 0 Å². The molecule has 0 spiro atoms. The van der Waals surface area contributed by atoms with Gasteiger partial charge in [-0.25, -0.2) is 0 Å². The Labute approximate surface area is 81.3 Å². The van der Waals surface area contributed by atoms with Crippen LogP contribution in [0.5, 0.6) is 0 Å². The van der Waals surface area contributed by atoms with E-state index in [-0.39, 0.29) is 0 Å². The van der Waals surface area contributed by atoms with Gasteiger partial charge in [0.05, 0.1) is 0 Å². The van der Waals surface area contributed by atoms with Gasteiger partial charge in [0.15, 0.2) is 0 Å². The van der Waals surface area contributed by atoms with Crippen LogP contribution in [-0.2, 0) is 6.54 Å². The topological polar surface area (TPSA) is 38.0 Å². The predicted molar refractivity (Wildman–Crippen MR) is 54.9 cm³/mol. The van der Waals surface area contributed by atoms with Crippen molar-refractivity contribution < 1.29 is 0 Å². The first-order valence-electron chi connectivity index (χ1n) is 3.98. The molecule has 0 amide bonds. The Bertz CT molecular complexity index is 238. The first-order valence-corrected chi connectivity index (χ1v) is 4.77. The Hall–Kier alpha value is -0.380. The molecule has 0 aliphatic carbocycles. The van der Waals surface area contributed by atoms with Gasteiger partial charge in [-0.1, -0.05) is 28.1 Å². The lowest BCUT2D eigenvalue weighted by Gasteiger charge is -2.02. The van der Waals surface area contributed by atoms with Gasteiger partial charge < -0.3 is 11.1 Å². The van der Waals surface area contributed by atoms with Crippen molar-refractivity contribution in [1.29, 1.82) is 0 Å². The van der Waals surface area contributed by atoms with Gasteiger partial charge in [0.25, 0.3) is 0 Å². The summed E-state index contributed by atoms with van der Waals surface area (Å²) < 4.78 is 1.12. The molecule has 0 unspecified atom stereocenters. The van der Waals surface area contributed by atoms with Crippen LogP contribution < -0.4 is 11.1 Å². The SMILES string of the molecule is NCCNCc1cccc(Br)c1. The maximum atomic E-state index is 5.35. The Balaban J connectivity index is 2.41. The zero-order chi connectivity index (χ0) is 8.81. The lowest BCUT2D eigenvalue weighted by atomic mass is 10.2. The maximum Gasteiger partial charge on any atom is 0.0206 e. The van der Waals surface area contributed by atoms with Crippen LogP contribution in [0, 0.1) is 0 Å². The number of nitrogens with two attached hydrogens (primary N) is 1. The molecule has 1 rings (SSSR count). The molecule has 12 heavy (non-hydrogen) atoms. The van der Waals surface area contributed by atoms with Crippen LogP contribution in [0.25, 0.3) is 0 Å². The number of hydrogen-bond acceptors (Lipinski definition) is 2. The first kappa shape index (κ1) is 9.71. The molecule has 0 aliphatic heterocycles. The second-order valence-corrected chi connectivity index (χ2v) is 3.51. The van der Waals surface area contributed by atoms with Crippen molar-refractivity contribution >= 4 is 15.9 Å². The molecule has 0 saturated carbocycles. The van der Waals surface area contributed by atoms with Crippen LogP contribution in [0.2, 0.25) is 0 Å². The molecule has 0 bridgehead atoms. The normalized spacial score (nSPS) is 10.2. The Morgan fingerprint density at radius 2 is 2.25 bits per heavy atom. The average Bonchev–Trinajstić information content (AvgIpc) is 2.05. The third kappa shape index (κ3) is 3.34. The molecular formula is C9H13BrN2. The number of nitrogens with one attached hydrogen (secondary N) is 1. The maximum absolute atomic E-state index is 5.35. The summed E-state index contributed by atoms with van der Waals surface area (Å²) in [6, 6.07) is 8.24. The third-order valence-electron chi connectivity index (χ3n) is 1.54. The summed E-state index contributed by atoms with van der Waals surface area (Å²) in [5.41, 5.74) is 6.63. The van der Waals surface area contributed by atoms with E-state index in [4.69, 9.17) is 5.73 Å². The predicted octanol–water partition coefficient (Wildman–Crippen LogP) is 1.50. The van der Waals surface area contributed by atoms with Gasteiger partial charge in [0.2, 0.25) is 0 Å². The smallest absolute Gasteiger partial charge is 0.0206 e. The Morgan fingerprint density at radius 1 is 1.42 bits per heavy atom. The minimum Gasteiger partial charge on any atom is -0.329 e. The third-order valence-corrected chi connectivity index (χ3v) is 2.03. The second-order valence-electron chi connectivity index (χ2n) is 2.60. The molecule has 0 saturated heterocycles. The van der Waals surface area contributed by atoms with Gasteiger partial charge in [0, 0.05) is 24.1 Å². The van der Waals surface area contributed by atoms with Crippen molar-refractivity contribution in [2.24, 2.45) is 5.73 Å². The molecule has 66 valence electrons. The monoisotopic (exact) mass is 228 g/mol. The first-order chi connectivity index (χ1) is 5.83. The van der Waals surface area contributed by atoms with Crippen LogP contribution in [0.3, 0.4) is 0 Å². The molecule has 0 aromatic heterocycles. The number of halogens is 1. The standard InChI is InChI=1S/C9H13BrN2/c10-9-3-1-2-8(6-9)7-12-5-4-11/h1-3,6,12H,4-5,7,11H2. The average molecular weight is 229 g/mol. The van der Waals surface area contributed by atoms with Gasteiger partial charge >= 0.3 is 0 Å². The fraction of sp³-hybridized carbons (Fsp3) is 0.333. The van der Waals surface area contributed by atoms with E-state index < -0.39 is 0 Å². The molecule has 0 fully saturated rings. The zero-order valence-electron chi connectivity index (χ0n) is 6.89. The molecule has 2 nitrogen and oxygen atoms in total. The highest BCUT2D eigenvalue weighted by Gasteiger charge is 1.91. The van der Waals surface area contributed by atoms with E-state index in [9.17, 15) is 0 Å². The van der Waals surface area contributed by atoms with Gasteiger partial charge in [-0.3, -0.25) is 0 Å². The fourth-order valence-electron chi connectivity index (χ4n) is 0.982. The van der Waals surface area contributed by atoms with Crippen molar-refractivity contribution in [2.45, 2.75) is 6.54 Å². The number of hydrogen-bond donors (Lipinski definition) is 2. The van der Waals surface area contributed by atoms with E-state index in [0.717, 1.165) is 17.6 Å². The summed E-state index contributed by atoms with van der Waals surface area (Å²) in [5.74, 6) is 0. The van der Waals surface area contributed by atoms with E-state index in [2.05, 4.69) is 33.4 Å². The van der Waals surface area contributed by atoms with Crippen molar-refractivity contribution in [3.63, 3.8) is 0 Å². The van der Waals surface area contributed by atoms with Crippen LogP contribution in [0.1, 0.15) is 5.56 Å². The summed E-state index contributed by atoms with van der Waals surface area (Å²) in [7, 11) is 0. The van der Waals surface area contributed by atoms with E-state index in [0.29, 0.717) is 6.54 Å². The van der Waals surface area contributed by atoms with E-state index in [1.165, 1.54) is 5.56 Å². The highest BCUT2D eigenvalue weighted by Crippen LogP contribution is 2.10. The van der Waals surface area contributed by atoms with E-state index in [1.807, 2.05) is 12.1 Å². The fourth-order valence-corrected chi connectivity index (χ4v) is 1.43. The Morgan fingerprint density at radius 3 is 2.92 bits per heavy atom. The van der Waals surface area contributed by atoms with Crippen LogP contribution in [0.4, 0.5) is 0 Å². The molecule has 1 aromatic rings. The van der Waals surface area contributed by atoms with Crippen LogP contribution in [0.15, 0.2) is 28.7 Å². The summed E-state index contributed by atoms with van der Waals surface area (Å²) in [6.07, 6.45) is 0. The number of rotatable bonds is 4. The lowest BCUT2D eigenvalue weighted by Crippen LogP contribution is -2.21. The molecule has 0 aliphatic rings. The summed E-state index contributed by atoms with van der Waals surface area (Å²) in [5, 5.41) is 3.23. The van der Waals surface area contributed by atoms with Crippen molar-refractivity contribution in [3.05, 3.63) is 34.3 Å². The Kier molecular flexibility index (Phi) is 4.29. The second kappa shape index (κ2) is 5.30. The molecule has 3 N–H and O–H groups in total. The van der Waals surface area contributed by atoms with Crippen molar-refractivity contribution in [1.82, 2.24) is 5.32 Å². The number of benzene rings is 1. The van der Waals surface area contributed by atoms with Crippen LogP contribution >= 0.6 is 15.9 Å². The molecule has 0 heterocycles. The van der Waals surface area contributed by atoms with Crippen molar-refractivity contribution in [3.8, 4) is 0 Å². The molecule has 0 atom stereocenters. The molecular weight excluding hydrogens is 216 g/mol. The molecule has 3 heteroatoms. The highest BCUT2D eigenvalue weighted by atomic mass is 79.9. The quantitative estimate of drug-likeness (QED) is 0.768. The van der Waals surface area contributed by atoms with E-state index in [1.54, 1.807) is 0 Å². The minimum absolute atomic E-state index is 0.688. The molecule has 0 radical (unpaired) electrons.